The standard InChI is InChI=1S/C16H24FN3O4S/c1-13(16(21)18-7-12-24-2)19-8-10-20(11-9-19)25(22,23)15-6-4-3-5-14(15)17/h3-6,13H,7-12H2,1-2H3,(H,18,21)/t13-/m1/s1. The highest BCUT2D eigenvalue weighted by Gasteiger charge is 2.32. The number of hydrogen-bond donors (Lipinski definition) is 1. The smallest absolute Gasteiger partial charge is 0.246 e. The summed E-state index contributed by atoms with van der Waals surface area (Å²) in [6.45, 7) is 3.90. The molecule has 1 heterocycles. The van der Waals surface area contributed by atoms with E-state index >= 15 is 0 Å². The first-order valence-corrected chi connectivity index (χ1v) is 9.57. The van der Waals surface area contributed by atoms with Crippen LogP contribution in [0.5, 0.6) is 0 Å². The third-order valence-electron chi connectivity index (χ3n) is 4.26. The van der Waals surface area contributed by atoms with E-state index in [9.17, 15) is 17.6 Å². The maximum atomic E-state index is 13.8. The van der Waals surface area contributed by atoms with Crippen molar-refractivity contribution in [2.75, 3.05) is 46.4 Å². The zero-order valence-corrected chi connectivity index (χ0v) is 15.3. The Labute approximate surface area is 147 Å². The van der Waals surface area contributed by atoms with E-state index < -0.39 is 15.8 Å². The van der Waals surface area contributed by atoms with E-state index in [0.717, 1.165) is 6.07 Å². The lowest BCUT2D eigenvalue weighted by atomic mass is 10.2. The van der Waals surface area contributed by atoms with Crippen LogP contribution in [0.4, 0.5) is 4.39 Å². The van der Waals surface area contributed by atoms with Crippen molar-refractivity contribution in [3.05, 3.63) is 30.1 Å². The largest absolute Gasteiger partial charge is 0.383 e. The van der Waals surface area contributed by atoms with Gasteiger partial charge in [0.1, 0.15) is 10.7 Å². The molecule has 25 heavy (non-hydrogen) atoms. The number of carbonyl (C=O) groups excluding carboxylic acids is 1. The molecule has 0 saturated carbocycles. The van der Waals surface area contributed by atoms with Crippen molar-refractivity contribution in [1.82, 2.24) is 14.5 Å². The highest BCUT2D eigenvalue weighted by Crippen LogP contribution is 2.20. The molecule has 1 amide bonds. The summed E-state index contributed by atoms with van der Waals surface area (Å²) in [6.07, 6.45) is 0. The van der Waals surface area contributed by atoms with Crippen LogP contribution in [0.2, 0.25) is 0 Å². The summed E-state index contributed by atoms with van der Waals surface area (Å²) >= 11 is 0. The molecule has 1 aromatic rings. The Morgan fingerprint density at radius 3 is 2.52 bits per heavy atom. The highest BCUT2D eigenvalue weighted by molar-refractivity contribution is 7.89. The van der Waals surface area contributed by atoms with Gasteiger partial charge in [-0.05, 0) is 19.1 Å². The molecule has 1 aliphatic heterocycles. The zero-order valence-electron chi connectivity index (χ0n) is 14.4. The van der Waals surface area contributed by atoms with Gasteiger partial charge in [-0.25, -0.2) is 12.8 Å². The summed E-state index contributed by atoms with van der Waals surface area (Å²) in [4.78, 5) is 13.7. The molecule has 0 spiro atoms. The molecule has 0 unspecified atom stereocenters. The van der Waals surface area contributed by atoms with Crippen LogP contribution in [-0.2, 0) is 19.6 Å². The van der Waals surface area contributed by atoms with Gasteiger partial charge in [0.25, 0.3) is 0 Å². The number of amides is 1. The summed E-state index contributed by atoms with van der Waals surface area (Å²) < 4.78 is 45.1. The lowest BCUT2D eigenvalue weighted by molar-refractivity contribution is -0.126. The fraction of sp³-hybridized carbons (Fsp3) is 0.562. The molecule has 0 aliphatic carbocycles. The molecule has 0 bridgehead atoms. The molecule has 9 heteroatoms. The molecule has 1 N–H and O–H groups in total. The number of piperazine rings is 1. The van der Waals surface area contributed by atoms with E-state index in [1.165, 1.54) is 22.5 Å². The van der Waals surface area contributed by atoms with Gasteiger partial charge >= 0.3 is 0 Å². The number of hydrogen-bond acceptors (Lipinski definition) is 5. The summed E-state index contributed by atoms with van der Waals surface area (Å²) in [6, 6.07) is 4.99. The van der Waals surface area contributed by atoms with Gasteiger partial charge in [0, 0.05) is 39.8 Å². The second-order valence-electron chi connectivity index (χ2n) is 5.83. The predicted octanol–water partition coefficient (Wildman–Crippen LogP) is 0.283. The minimum absolute atomic E-state index is 0.123. The van der Waals surface area contributed by atoms with Gasteiger partial charge in [-0.2, -0.15) is 4.31 Å². The number of halogens is 1. The summed E-state index contributed by atoms with van der Waals surface area (Å²) in [7, 11) is -2.30. The summed E-state index contributed by atoms with van der Waals surface area (Å²) in [5.74, 6) is -0.877. The lowest BCUT2D eigenvalue weighted by Crippen LogP contribution is -2.55. The van der Waals surface area contributed by atoms with E-state index in [2.05, 4.69) is 5.32 Å². The zero-order chi connectivity index (χ0) is 18.4. The van der Waals surface area contributed by atoms with Crippen molar-refractivity contribution >= 4 is 15.9 Å². The van der Waals surface area contributed by atoms with E-state index in [1.807, 2.05) is 4.90 Å². The van der Waals surface area contributed by atoms with Gasteiger partial charge in [-0.1, -0.05) is 12.1 Å². The van der Waals surface area contributed by atoms with Gasteiger partial charge in [-0.15, -0.1) is 0 Å². The van der Waals surface area contributed by atoms with Crippen molar-refractivity contribution in [3.8, 4) is 0 Å². The number of carbonyl (C=O) groups is 1. The number of sulfonamides is 1. The Morgan fingerprint density at radius 1 is 1.28 bits per heavy atom. The molecule has 140 valence electrons. The lowest BCUT2D eigenvalue weighted by Gasteiger charge is -2.36. The third kappa shape index (κ3) is 4.75. The summed E-state index contributed by atoms with van der Waals surface area (Å²) in [5.41, 5.74) is 0. The van der Waals surface area contributed by atoms with Gasteiger partial charge < -0.3 is 10.1 Å². The fourth-order valence-electron chi connectivity index (χ4n) is 2.71. The second kappa shape index (κ2) is 8.70. The van der Waals surface area contributed by atoms with E-state index in [-0.39, 0.29) is 29.9 Å². The second-order valence-corrected chi connectivity index (χ2v) is 7.74. The third-order valence-corrected chi connectivity index (χ3v) is 6.19. The monoisotopic (exact) mass is 373 g/mol. The summed E-state index contributed by atoms with van der Waals surface area (Å²) in [5, 5.41) is 2.77. The van der Waals surface area contributed by atoms with Crippen LogP contribution < -0.4 is 5.32 Å². The van der Waals surface area contributed by atoms with Crippen LogP contribution in [0, 0.1) is 5.82 Å². The fourth-order valence-corrected chi connectivity index (χ4v) is 4.20. The van der Waals surface area contributed by atoms with Gasteiger partial charge in [0.2, 0.25) is 15.9 Å². The van der Waals surface area contributed by atoms with Crippen LogP contribution in [-0.4, -0.2) is 76.0 Å². The van der Waals surface area contributed by atoms with Crippen LogP contribution in [0.1, 0.15) is 6.92 Å². The number of nitrogens with zero attached hydrogens (tertiary/aromatic N) is 2. The van der Waals surface area contributed by atoms with Gasteiger partial charge in [-0.3, -0.25) is 9.69 Å². The number of benzene rings is 1. The maximum absolute atomic E-state index is 13.8. The van der Waals surface area contributed by atoms with Crippen LogP contribution in [0.25, 0.3) is 0 Å². The quantitative estimate of drug-likeness (QED) is 0.695. The Hall–Kier alpha value is -1.55. The van der Waals surface area contributed by atoms with E-state index in [0.29, 0.717) is 26.2 Å². The van der Waals surface area contributed by atoms with Crippen molar-refractivity contribution in [1.29, 1.82) is 0 Å². The molecular weight excluding hydrogens is 349 g/mol. The van der Waals surface area contributed by atoms with Gasteiger partial charge in [0.05, 0.1) is 12.6 Å². The molecule has 7 nitrogen and oxygen atoms in total. The maximum Gasteiger partial charge on any atom is 0.246 e. The Morgan fingerprint density at radius 2 is 1.92 bits per heavy atom. The molecular formula is C16H24FN3O4S. The van der Waals surface area contributed by atoms with Crippen molar-refractivity contribution in [2.45, 2.75) is 17.9 Å². The minimum Gasteiger partial charge on any atom is -0.383 e. The Balaban J connectivity index is 1.95. The molecule has 2 rings (SSSR count). The molecule has 1 aliphatic rings. The number of ether oxygens (including phenoxy) is 1. The van der Waals surface area contributed by atoms with E-state index in [4.69, 9.17) is 4.74 Å². The Kier molecular flexibility index (Phi) is 6.88. The van der Waals surface area contributed by atoms with Gasteiger partial charge in [0.15, 0.2) is 0 Å². The first-order chi connectivity index (χ1) is 11.9. The molecule has 0 radical (unpaired) electrons. The topological polar surface area (TPSA) is 79.0 Å². The van der Waals surface area contributed by atoms with Crippen LogP contribution >= 0.6 is 0 Å². The predicted molar refractivity (Wildman–Crippen MR) is 91.1 cm³/mol. The van der Waals surface area contributed by atoms with Crippen LogP contribution in [0.15, 0.2) is 29.2 Å². The van der Waals surface area contributed by atoms with Crippen molar-refractivity contribution < 1.29 is 22.3 Å². The first kappa shape index (κ1) is 19.8. The average molecular weight is 373 g/mol. The molecule has 1 saturated heterocycles. The molecule has 1 aromatic carbocycles. The minimum atomic E-state index is -3.87. The number of nitrogens with one attached hydrogen (secondary N) is 1. The SMILES string of the molecule is COCCNC(=O)[C@@H](C)N1CCN(S(=O)(=O)c2ccccc2F)CC1. The van der Waals surface area contributed by atoms with E-state index in [1.54, 1.807) is 14.0 Å². The highest BCUT2D eigenvalue weighted by atomic mass is 32.2. The number of rotatable bonds is 7. The van der Waals surface area contributed by atoms with Crippen LogP contribution in [0.3, 0.4) is 0 Å². The Bertz CT molecular complexity index is 690. The van der Waals surface area contributed by atoms with Crippen molar-refractivity contribution in [3.63, 3.8) is 0 Å². The normalized spacial score (nSPS) is 18.0. The molecule has 1 atom stereocenters. The van der Waals surface area contributed by atoms with Crippen molar-refractivity contribution in [2.24, 2.45) is 0 Å². The average Bonchev–Trinajstić information content (AvgIpc) is 2.61. The molecule has 1 fully saturated rings. The molecule has 0 aromatic heterocycles. The first-order valence-electron chi connectivity index (χ1n) is 8.13. The number of methoxy groups -OCH3 is 1.